The largest absolute Gasteiger partial charge is 0.376 e. The molecule has 1 aliphatic heterocycles. The second kappa shape index (κ2) is 6.98. The molecule has 2 atom stereocenters. The quantitative estimate of drug-likeness (QED) is 0.655. The first-order valence-corrected chi connectivity index (χ1v) is 5.42. The van der Waals surface area contributed by atoms with Crippen LogP contribution in [0.1, 0.15) is 19.8 Å². The molecule has 14 heavy (non-hydrogen) atoms. The van der Waals surface area contributed by atoms with E-state index >= 15 is 0 Å². The molecule has 2 unspecified atom stereocenters. The van der Waals surface area contributed by atoms with Gasteiger partial charge in [0.05, 0.1) is 25.9 Å². The Morgan fingerprint density at radius 2 is 2.43 bits per heavy atom. The number of hydrogen-bond acceptors (Lipinski definition) is 3. The van der Waals surface area contributed by atoms with Crippen molar-refractivity contribution in [1.82, 2.24) is 5.32 Å². The fourth-order valence-corrected chi connectivity index (χ4v) is 1.72. The van der Waals surface area contributed by atoms with Gasteiger partial charge in [0.2, 0.25) is 0 Å². The topological polar surface area (TPSA) is 30.5 Å². The van der Waals surface area contributed by atoms with E-state index in [1.807, 2.05) is 6.08 Å². The highest BCUT2D eigenvalue weighted by Crippen LogP contribution is 2.10. The predicted molar refractivity (Wildman–Crippen MR) is 57.5 cm³/mol. The molecular weight excluding hydrogens is 178 g/mol. The fraction of sp³-hybridized carbons (Fsp3) is 0.818. The summed E-state index contributed by atoms with van der Waals surface area (Å²) in [6, 6.07) is 0.401. The van der Waals surface area contributed by atoms with E-state index in [0.717, 1.165) is 39.2 Å². The summed E-state index contributed by atoms with van der Waals surface area (Å²) in [7, 11) is 0. The van der Waals surface area contributed by atoms with Crippen molar-refractivity contribution in [3.63, 3.8) is 0 Å². The third-order valence-corrected chi connectivity index (χ3v) is 2.44. The molecule has 1 heterocycles. The van der Waals surface area contributed by atoms with Crippen LogP contribution in [0.25, 0.3) is 0 Å². The maximum atomic E-state index is 5.67. The van der Waals surface area contributed by atoms with E-state index in [2.05, 4.69) is 18.8 Å². The summed E-state index contributed by atoms with van der Waals surface area (Å²) in [6.45, 7) is 9.00. The lowest BCUT2D eigenvalue weighted by Crippen LogP contribution is -2.46. The van der Waals surface area contributed by atoms with E-state index in [0.29, 0.717) is 6.04 Å². The molecule has 0 bridgehead atoms. The van der Waals surface area contributed by atoms with Gasteiger partial charge < -0.3 is 14.8 Å². The van der Waals surface area contributed by atoms with Gasteiger partial charge in [0, 0.05) is 6.04 Å². The van der Waals surface area contributed by atoms with Crippen LogP contribution in [0.15, 0.2) is 12.7 Å². The molecule has 1 aliphatic rings. The number of ether oxygens (including phenoxy) is 2. The summed E-state index contributed by atoms with van der Waals surface area (Å²) in [5.41, 5.74) is 0. The molecule has 1 rings (SSSR count). The zero-order valence-electron chi connectivity index (χ0n) is 9.00. The normalized spacial score (nSPS) is 24.5. The van der Waals surface area contributed by atoms with Crippen molar-refractivity contribution in [2.75, 3.05) is 26.4 Å². The zero-order chi connectivity index (χ0) is 10.2. The van der Waals surface area contributed by atoms with Gasteiger partial charge in [-0.15, -0.1) is 6.58 Å². The Labute approximate surface area is 86.5 Å². The number of allylic oxidation sites excluding steroid dienone is 1. The predicted octanol–water partition coefficient (Wildman–Crippen LogP) is 1.35. The zero-order valence-corrected chi connectivity index (χ0v) is 9.00. The van der Waals surface area contributed by atoms with E-state index in [1.54, 1.807) is 0 Å². The fourth-order valence-electron chi connectivity index (χ4n) is 1.72. The van der Waals surface area contributed by atoms with Crippen molar-refractivity contribution >= 4 is 0 Å². The first-order valence-electron chi connectivity index (χ1n) is 5.42. The third-order valence-electron chi connectivity index (χ3n) is 2.44. The Morgan fingerprint density at radius 1 is 1.57 bits per heavy atom. The minimum absolute atomic E-state index is 0.212. The van der Waals surface area contributed by atoms with Crippen molar-refractivity contribution in [2.45, 2.75) is 31.9 Å². The first kappa shape index (κ1) is 11.7. The molecule has 1 fully saturated rings. The van der Waals surface area contributed by atoms with Gasteiger partial charge in [-0.25, -0.2) is 0 Å². The van der Waals surface area contributed by atoms with E-state index in [1.165, 1.54) is 0 Å². The van der Waals surface area contributed by atoms with Crippen LogP contribution in [-0.4, -0.2) is 38.5 Å². The van der Waals surface area contributed by atoms with Crippen molar-refractivity contribution in [3.8, 4) is 0 Å². The van der Waals surface area contributed by atoms with Gasteiger partial charge in [0.1, 0.15) is 0 Å². The highest BCUT2D eigenvalue weighted by molar-refractivity contribution is 4.81. The second-order valence-corrected chi connectivity index (χ2v) is 3.51. The smallest absolute Gasteiger partial charge is 0.0962 e. The molecule has 82 valence electrons. The van der Waals surface area contributed by atoms with Crippen LogP contribution in [0.5, 0.6) is 0 Å². The molecule has 0 saturated carbocycles. The van der Waals surface area contributed by atoms with E-state index < -0.39 is 0 Å². The highest BCUT2D eigenvalue weighted by atomic mass is 16.6. The molecule has 0 amide bonds. The van der Waals surface area contributed by atoms with Crippen LogP contribution in [0.3, 0.4) is 0 Å². The molecule has 0 aliphatic carbocycles. The van der Waals surface area contributed by atoms with Gasteiger partial charge in [-0.05, 0) is 19.4 Å². The minimum atomic E-state index is 0.212. The van der Waals surface area contributed by atoms with Crippen LogP contribution in [0, 0.1) is 0 Å². The molecule has 0 aromatic carbocycles. The van der Waals surface area contributed by atoms with Gasteiger partial charge in [-0.2, -0.15) is 0 Å². The molecule has 0 aromatic heterocycles. The molecule has 1 N–H and O–H groups in total. The molecule has 0 aromatic rings. The highest BCUT2D eigenvalue weighted by Gasteiger charge is 2.23. The molecule has 3 nitrogen and oxygen atoms in total. The standard InChI is InChI=1S/C11H21NO2/c1-3-5-6-10(12-4-2)11-9-13-7-8-14-11/h3,10-12H,1,4-9H2,2H3. The average molecular weight is 199 g/mol. The second-order valence-electron chi connectivity index (χ2n) is 3.51. The third kappa shape index (κ3) is 3.78. The lowest BCUT2D eigenvalue weighted by Gasteiger charge is -2.30. The number of nitrogens with one attached hydrogen (secondary N) is 1. The lowest BCUT2D eigenvalue weighted by molar-refractivity contribution is -0.102. The maximum Gasteiger partial charge on any atom is 0.0962 e. The monoisotopic (exact) mass is 199 g/mol. The Hall–Kier alpha value is -0.380. The Bertz CT molecular complexity index is 155. The molecular formula is C11H21NO2. The SMILES string of the molecule is C=CCCC(NCC)C1COCCO1. The maximum absolute atomic E-state index is 5.67. The summed E-state index contributed by atoms with van der Waals surface area (Å²) < 4.78 is 11.1. The van der Waals surface area contributed by atoms with Crippen LogP contribution in [-0.2, 0) is 9.47 Å². The van der Waals surface area contributed by atoms with Gasteiger partial charge >= 0.3 is 0 Å². The van der Waals surface area contributed by atoms with E-state index in [9.17, 15) is 0 Å². The first-order chi connectivity index (χ1) is 6.88. The van der Waals surface area contributed by atoms with Gasteiger partial charge in [-0.3, -0.25) is 0 Å². The van der Waals surface area contributed by atoms with Crippen molar-refractivity contribution < 1.29 is 9.47 Å². The molecule has 0 spiro atoms. The lowest BCUT2D eigenvalue weighted by atomic mass is 10.1. The number of hydrogen-bond donors (Lipinski definition) is 1. The summed E-state index contributed by atoms with van der Waals surface area (Å²) >= 11 is 0. The molecule has 1 saturated heterocycles. The van der Waals surface area contributed by atoms with Crippen molar-refractivity contribution in [2.24, 2.45) is 0 Å². The Balaban J connectivity index is 2.33. The summed E-state index contributed by atoms with van der Waals surface area (Å²) in [6.07, 6.45) is 4.26. The summed E-state index contributed by atoms with van der Waals surface area (Å²) in [4.78, 5) is 0. The van der Waals surface area contributed by atoms with E-state index in [-0.39, 0.29) is 6.10 Å². The van der Waals surface area contributed by atoms with Crippen molar-refractivity contribution in [3.05, 3.63) is 12.7 Å². The minimum Gasteiger partial charge on any atom is -0.376 e. The average Bonchev–Trinajstić information content (AvgIpc) is 2.25. The van der Waals surface area contributed by atoms with E-state index in [4.69, 9.17) is 9.47 Å². The van der Waals surface area contributed by atoms with Gasteiger partial charge in [-0.1, -0.05) is 13.0 Å². The molecule has 0 radical (unpaired) electrons. The van der Waals surface area contributed by atoms with Gasteiger partial charge in [0.15, 0.2) is 0 Å². The van der Waals surface area contributed by atoms with Crippen LogP contribution in [0.4, 0.5) is 0 Å². The van der Waals surface area contributed by atoms with Crippen LogP contribution in [0.2, 0.25) is 0 Å². The summed E-state index contributed by atoms with van der Waals surface area (Å²) in [5, 5.41) is 3.43. The number of rotatable bonds is 6. The van der Waals surface area contributed by atoms with Crippen molar-refractivity contribution in [1.29, 1.82) is 0 Å². The Kier molecular flexibility index (Phi) is 5.83. The van der Waals surface area contributed by atoms with Crippen LogP contribution < -0.4 is 5.32 Å². The van der Waals surface area contributed by atoms with Crippen LogP contribution >= 0.6 is 0 Å². The number of likely N-dealkylation sites (N-methyl/N-ethyl adjacent to an activating group) is 1. The van der Waals surface area contributed by atoms with Gasteiger partial charge in [0.25, 0.3) is 0 Å². The molecule has 3 heteroatoms. The Morgan fingerprint density at radius 3 is 3.00 bits per heavy atom. The summed E-state index contributed by atoms with van der Waals surface area (Å²) in [5.74, 6) is 0.